The third-order valence-corrected chi connectivity index (χ3v) is 4.61. The van der Waals surface area contributed by atoms with Crippen LogP contribution in [0.4, 0.5) is 16.8 Å². The molecule has 8 heteroatoms. The van der Waals surface area contributed by atoms with E-state index >= 15 is 0 Å². The van der Waals surface area contributed by atoms with Crippen LogP contribution in [0.25, 0.3) is 0 Å². The summed E-state index contributed by atoms with van der Waals surface area (Å²) in [5.41, 5.74) is 0. The maximum absolute atomic E-state index is 4.46. The zero-order valence-corrected chi connectivity index (χ0v) is 14.0. The number of piperidine rings is 1. The van der Waals surface area contributed by atoms with Crippen LogP contribution in [0.5, 0.6) is 0 Å². The van der Waals surface area contributed by atoms with Gasteiger partial charge in [0.1, 0.15) is 23.8 Å². The quantitative estimate of drug-likeness (QED) is 0.921. The largest absolute Gasteiger partial charge is 0.367 e. The summed E-state index contributed by atoms with van der Waals surface area (Å²) in [6, 6.07) is 2.43. The summed E-state index contributed by atoms with van der Waals surface area (Å²) in [6.45, 7) is 3.93. The summed E-state index contributed by atoms with van der Waals surface area (Å²) in [5.74, 6) is 2.67. The molecule has 0 atom stereocenters. The Labute approximate surface area is 134 Å². The number of hydrogen-bond donors (Lipinski definition) is 1. The van der Waals surface area contributed by atoms with Crippen molar-refractivity contribution in [2.24, 2.45) is 0 Å². The number of aryl methyl sites for hydroxylation is 1. The Morgan fingerprint density at radius 1 is 1.27 bits per heavy atom. The first-order chi connectivity index (χ1) is 10.6. The van der Waals surface area contributed by atoms with Crippen LogP contribution in [0.2, 0.25) is 0 Å². The van der Waals surface area contributed by atoms with Crippen molar-refractivity contribution in [3.05, 3.63) is 18.2 Å². The van der Waals surface area contributed by atoms with Gasteiger partial charge in [-0.15, -0.1) is 0 Å². The predicted molar refractivity (Wildman–Crippen MR) is 89.9 cm³/mol. The standard InChI is InChI=1S/C14H21N7S/c1-10-17-14(22-19-10)21-6-4-11(5-7-21)18-12-8-13(20(2)3)16-9-15-12/h8-9,11H,4-7H2,1-3H3,(H,15,16,18). The highest BCUT2D eigenvalue weighted by Crippen LogP contribution is 2.23. The molecule has 0 aromatic carbocycles. The van der Waals surface area contributed by atoms with Gasteiger partial charge < -0.3 is 15.1 Å². The van der Waals surface area contributed by atoms with Gasteiger partial charge in [0.05, 0.1) is 0 Å². The summed E-state index contributed by atoms with van der Waals surface area (Å²) in [7, 11) is 3.96. The molecule has 0 radical (unpaired) electrons. The number of nitrogens with zero attached hydrogens (tertiary/aromatic N) is 6. The smallest absolute Gasteiger partial charge is 0.205 e. The van der Waals surface area contributed by atoms with Crippen LogP contribution in [0, 0.1) is 6.92 Å². The highest BCUT2D eigenvalue weighted by atomic mass is 32.1. The molecule has 2 aromatic heterocycles. The number of hydrogen-bond acceptors (Lipinski definition) is 8. The van der Waals surface area contributed by atoms with E-state index in [1.165, 1.54) is 11.5 Å². The van der Waals surface area contributed by atoms with Gasteiger partial charge in [-0.1, -0.05) is 0 Å². The molecule has 3 rings (SSSR count). The van der Waals surface area contributed by atoms with Crippen molar-refractivity contribution in [2.75, 3.05) is 42.3 Å². The zero-order chi connectivity index (χ0) is 15.5. The average molecular weight is 319 g/mol. The lowest BCUT2D eigenvalue weighted by Gasteiger charge is -2.32. The average Bonchev–Trinajstić information content (AvgIpc) is 2.95. The van der Waals surface area contributed by atoms with Crippen molar-refractivity contribution in [3.8, 4) is 0 Å². The minimum atomic E-state index is 0.440. The van der Waals surface area contributed by atoms with Crippen LogP contribution >= 0.6 is 11.5 Å². The second-order valence-corrected chi connectivity index (χ2v) is 6.42. The Morgan fingerprint density at radius 3 is 2.68 bits per heavy atom. The van der Waals surface area contributed by atoms with Gasteiger partial charge in [-0.3, -0.25) is 0 Å². The normalized spacial score (nSPS) is 15.9. The van der Waals surface area contributed by atoms with E-state index in [-0.39, 0.29) is 0 Å². The molecule has 3 heterocycles. The molecule has 1 saturated heterocycles. The lowest BCUT2D eigenvalue weighted by atomic mass is 10.1. The molecular weight excluding hydrogens is 298 g/mol. The first kappa shape index (κ1) is 15.0. The Hall–Kier alpha value is -1.96. The molecule has 2 aromatic rings. The molecule has 0 bridgehead atoms. The number of anilines is 3. The van der Waals surface area contributed by atoms with Crippen molar-refractivity contribution in [1.29, 1.82) is 0 Å². The molecule has 0 spiro atoms. The van der Waals surface area contributed by atoms with E-state index < -0.39 is 0 Å². The second-order valence-electron chi connectivity index (χ2n) is 5.69. The van der Waals surface area contributed by atoms with Crippen LogP contribution in [-0.2, 0) is 0 Å². The third-order valence-electron chi connectivity index (χ3n) is 3.75. The molecule has 0 saturated carbocycles. The first-order valence-electron chi connectivity index (χ1n) is 7.43. The molecule has 1 fully saturated rings. The Kier molecular flexibility index (Phi) is 4.37. The van der Waals surface area contributed by atoms with E-state index in [9.17, 15) is 0 Å². The monoisotopic (exact) mass is 319 g/mol. The van der Waals surface area contributed by atoms with E-state index in [1.54, 1.807) is 6.33 Å². The van der Waals surface area contributed by atoms with Gasteiger partial charge in [-0.25, -0.2) is 15.0 Å². The molecule has 22 heavy (non-hydrogen) atoms. The van der Waals surface area contributed by atoms with Crippen LogP contribution in [0.1, 0.15) is 18.7 Å². The van der Waals surface area contributed by atoms with Gasteiger partial charge in [0, 0.05) is 50.8 Å². The van der Waals surface area contributed by atoms with E-state index in [2.05, 4.69) is 29.5 Å². The molecule has 1 aliphatic rings. The zero-order valence-electron chi connectivity index (χ0n) is 13.2. The van der Waals surface area contributed by atoms with Gasteiger partial charge in [0.15, 0.2) is 0 Å². The number of rotatable bonds is 4. The lowest BCUT2D eigenvalue weighted by molar-refractivity contribution is 0.524. The van der Waals surface area contributed by atoms with E-state index in [0.717, 1.165) is 48.5 Å². The van der Waals surface area contributed by atoms with Crippen LogP contribution in [0.15, 0.2) is 12.4 Å². The molecule has 1 N–H and O–H groups in total. The predicted octanol–water partition coefficient (Wildman–Crippen LogP) is 1.78. The van der Waals surface area contributed by atoms with Gasteiger partial charge in [-0.05, 0) is 19.8 Å². The molecule has 0 amide bonds. The maximum Gasteiger partial charge on any atom is 0.205 e. The minimum absolute atomic E-state index is 0.440. The van der Waals surface area contributed by atoms with Crippen molar-refractivity contribution in [1.82, 2.24) is 19.3 Å². The lowest BCUT2D eigenvalue weighted by Crippen LogP contribution is -2.39. The SMILES string of the molecule is Cc1nsc(N2CCC(Nc3cc(N(C)C)ncn3)CC2)n1. The molecule has 0 unspecified atom stereocenters. The number of aromatic nitrogens is 4. The van der Waals surface area contributed by atoms with Gasteiger partial charge in [0.2, 0.25) is 5.13 Å². The summed E-state index contributed by atoms with van der Waals surface area (Å²) in [5, 5.41) is 4.55. The van der Waals surface area contributed by atoms with E-state index in [0.29, 0.717) is 6.04 Å². The molecule has 7 nitrogen and oxygen atoms in total. The van der Waals surface area contributed by atoms with Crippen molar-refractivity contribution >= 4 is 28.3 Å². The summed E-state index contributed by atoms with van der Waals surface area (Å²) >= 11 is 1.48. The molecular formula is C14H21N7S. The Bertz CT molecular complexity index is 619. The number of nitrogens with one attached hydrogen (secondary N) is 1. The van der Waals surface area contributed by atoms with Crippen molar-refractivity contribution in [3.63, 3.8) is 0 Å². The van der Waals surface area contributed by atoms with E-state index in [1.807, 2.05) is 32.0 Å². The summed E-state index contributed by atoms with van der Waals surface area (Å²) in [6.07, 6.45) is 3.75. The van der Waals surface area contributed by atoms with Crippen LogP contribution in [-0.4, -0.2) is 52.6 Å². The van der Waals surface area contributed by atoms with Crippen LogP contribution in [0.3, 0.4) is 0 Å². The summed E-state index contributed by atoms with van der Waals surface area (Å²) < 4.78 is 4.26. The molecule has 0 aliphatic carbocycles. The first-order valence-corrected chi connectivity index (χ1v) is 8.20. The van der Waals surface area contributed by atoms with Crippen molar-refractivity contribution < 1.29 is 0 Å². The Morgan fingerprint density at radius 2 is 2.05 bits per heavy atom. The second kappa shape index (κ2) is 6.43. The fraction of sp³-hybridized carbons (Fsp3) is 0.571. The van der Waals surface area contributed by atoms with E-state index in [4.69, 9.17) is 0 Å². The fourth-order valence-electron chi connectivity index (χ4n) is 2.51. The Balaban J connectivity index is 1.57. The molecule has 118 valence electrons. The fourth-order valence-corrected chi connectivity index (χ4v) is 3.23. The van der Waals surface area contributed by atoms with Gasteiger partial charge in [-0.2, -0.15) is 4.37 Å². The van der Waals surface area contributed by atoms with Gasteiger partial charge >= 0.3 is 0 Å². The van der Waals surface area contributed by atoms with Gasteiger partial charge in [0.25, 0.3) is 0 Å². The summed E-state index contributed by atoms with van der Waals surface area (Å²) in [4.78, 5) is 17.3. The van der Waals surface area contributed by atoms with Crippen LogP contribution < -0.4 is 15.1 Å². The highest BCUT2D eigenvalue weighted by molar-refractivity contribution is 7.09. The topological polar surface area (TPSA) is 70.1 Å². The molecule has 1 aliphatic heterocycles. The third kappa shape index (κ3) is 3.44. The highest BCUT2D eigenvalue weighted by Gasteiger charge is 2.21. The maximum atomic E-state index is 4.46. The van der Waals surface area contributed by atoms with Crippen molar-refractivity contribution in [2.45, 2.75) is 25.8 Å². The minimum Gasteiger partial charge on any atom is -0.367 e.